The van der Waals surface area contributed by atoms with Crippen LogP contribution in [-0.2, 0) is 13.8 Å². The first kappa shape index (κ1) is 25.9. The van der Waals surface area contributed by atoms with E-state index < -0.39 is 60.2 Å². The largest absolute Gasteiger partial charge is 0.388 e. The van der Waals surface area contributed by atoms with Gasteiger partial charge in [0.2, 0.25) is 0 Å². The molecule has 2 heterocycles. The molecule has 8 atom stereocenters. The number of nitrogens with one attached hydrogen (secondary N) is 1. The number of hydrogen-bond donors (Lipinski definition) is 5. The average molecular weight is 464 g/mol. The summed E-state index contributed by atoms with van der Waals surface area (Å²) in [5.41, 5.74) is -2.50. The van der Waals surface area contributed by atoms with Crippen LogP contribution in [0.4, 0.5) is 0 Å². The van der Waals surface area contributed by atoms with Crippen molar-refractivity contribution < 1.29 is 34.0 Å². The second kappa shape index (κ2) is 8.90. The number of aliphatic hydroxyl groups excluding tert-OH is 2. The maximum absolute atomic E-state index is 12.8. The highest BCUT2D eigenvalue weighted by Crippen LogP contribution is 2.59. The third-order valence-corrected chi connectivity index (χ3v) is 8.66. The maximum atomic E-state index is 12.8. The minimum Gasteiger partial charge on any atom is -0.388 e. The minimum atomic E-state index is -4.49. The van der Waals surface area contributed by atoms with Crippen molar-refractivity contribution in [2.24, 2.45) is 5.92 Å². The smallest absolute Gasteiger partial charge is 0.359 e. The van der Waals surface area contributed by atoms with Crippen LogP contribution in [0.1, 0.15) is 59.3 Å². The van der Waals surface area contributed by atoms with Crippen molar-refractivity contribution in [3.8, 4) is 0 Å². The van der Waals surface area contributed by atoms with Gasteiger partial charge in [-0.15, -0.1) is 0 Å². The van der Waals surface area contributed by atoms with E-state index in [0.717, 1.165) is 4.57 Å². The molecule has 1 aliphatic heterocycles. The standard InChI is InChI=1S/C19H33N2O9P/c1-7-18(5,30-31(27,28)19(6,26)8-2)11(4)14-12(22)13(23)16(29-14)21-9-10(3)15(24)20-17(21)25/h9,11-14,16,22-23,26H,7-8H2,1-6H3,(H,27,28)(H,20,24,25). The Bertz CT molecular complexity index is 958. The fourth-order valence-corrected chi connectivity index (χ4v) is 4.96. The zero-order valence-corrected chi connectivity index (χ0v) is 19.5. The maximum Gasteiger partial charge on any atom is 0.359 e. The van der Waals surface area contributed by atoms with E-state index in [4.69, 9.17) is 9.26 Å². The SMILES string of the molecule is CCC(C)(OP(=O)(O)C(C)(O)CC)C(C)C1OC(n2cc(C)c(=O)[nH]c2=O)C(O)C1O. The molecule has 0 aliphatic carbocycles. The second-order valence-electron chi connectivity index (χ2n) is 8.59. The molecule has 1 aromatic rings. The van der Waals surface area contributed by atoms with Crippen LogP contribution >= 0.6 is 7.60 Å². The van der Waals surface area contributed by atoms with Gasteiger partial charge in [-0.05, 0) is 33.6 Å². The highest BCUT2D eigenvalue weighted by Gasteiger charge is 2.54. The highest BCUT2D eigenvalue weighted by molar-refractivity contribution is 7.54. The second-order valence-corrected chi connectivity index (χ2v) is 10.8. The molecule has 0 spiro atoms. The number of nitrogens with zero attached hydrogens (tertiary/aromatic N) is 1. The summed E-state index contributed by atoms with van der Waals surface area (Å²) < 4.78 is 25.1. The quantitative estimate of drug-likeness (QED) is 0.345. The Morgan fingerprint density at radius 1 is 1.26 bits per heavy atom. The van der Waals surface area contributed by atoms with E-state index in [9.17, 15) is 34.4 Å². The van der Waals surface area contributed by atoms with Crippen LogP contribution in [-0.4, -0.2) is 59.0 Å². The van der Waals surface area contributed by atoms with Gasteiger partial charge in [-0.25, -0.2) is 4.79 Å². The van der Waals surface area contributed by atoms with Crippen LogP contribution in [0.3, 0.4) is 0 Å². The van der Waals surface area contributed by atoms with E-state index in [2.05, 4.69) is 4.98 Å². The van der Waals surface area contributed by atoms with Crippen molar-refractivity contribution in [1.29, 1.82) is 0 Å². The third-order valence-electron chi connectivity index (χ3n) is 6.46. The summed E-state index contributed by atoms with van der Waals surface area (Å²) in [6, 6.07) is 0. The first-order valence-corrected chi connectivity index (χ1v) is 11.8. The lowest BCUT2D eigenvalue weighted by atomic mass is 9.82. The predicted molar refractivity (Wildman–Crippen MR) is 112 cm³/mol. The molecular formula is C19H33N2O9P. The molecular weight excluding hydrogens is 431 g/mol. The van der Waals surface area contributed by atoms with Gasteiger partial charge >= 0.3 is 13.3 Å². The Morgan fingerprint density at radius 3 is 2.35 bits per heavy atom. The number of hydrogen-bond acceptors (Lipinski definition) is 8. The summed E-state index contributed by atoms with van der Waals surface area (Å²) in [5, 5.41) is 29.5. The Morgan fingerprint density at radius 2 is 1.84 bits per heavy atom. The monoisotopic (exact) mass is 464 g/mol. The first-order chi connectivity index (χ1) is 14.1. The molecule has 0 amide bonds. The van der Waals surface area contributed by atoms with Gasteiger partial charge in [0, 0.05) is 17.7 Å². The molecule has 1 fully saturated rings. The van der Waals surface area contributed by atoms with Crippen molar-refractivity contribution >= 4 is 7.60 Å². The van der Waals surface area contributed by atoms with Crippen molar-refractivity contribution in [2.45, 2.75) is 89.9 Å². The molecule has 8 unspecified atom stereocenters. The van der Waals surface area contributed by atoms with Gasteiger partial charge in [0.15, 0.2) is 11.6 Å². The number of rotatable bonds is 8. The lowest BCUT2D eigenvalue weighted by molar-refractivity contribution is -0.107. The Balaban J connectivity index is 2.37. The molecule has 0 saturated carbocycles. The van der Waals surface area contributed by atoms with Crippen molar-refractivity contribution in [3.63, 3.8) is 0 Å². The molecule has 1 saturated heterocycles. The number of aliphatic hydroxyl groups is 3. The van der Waals surface area contributed by atoms with Gasteiger partial charge in [0.1, 0.15) is 12.2 Å². The summed E-state index contributed by atoms with van der Waals surface area (Å²) in [5.74, 6) is -0.736. The molecule has 11 nitrogen and oxygen atoms in total. The fourth-order valence-electron chi connectivity index (χ4n) is 3.50. The molecule has 0 bridgehead atoms. The molecule has 2 rings (SSSR count). The molecule has 0 aromatic carbocycles. The van der Waals surface area contributed by atoms with Gasteiger partial charge in [-0.1, -0.05) is 20.8 Å². The lowest BCUT2D eigenvalue weighted by Crippen LogP contribution is -2.47. The average Bonchev–Trinajstić information content (AvgIpc) is 2.98. The normalized spacial score (nSPS) is 30.9. The first-order valence-electron chi connectivity index (χ1n) is 10.2. The molecule has 0 radical (unpaired) electrons. The van der Waals surface area contributed by atoms with Gasteiger partial charge in [0.05, 0.1) is 11.7 Å². The Hall–Kier alpha value is -1.33. The zero-order chi connectivity index (χ0) is 23.9. The van der Waals surface area contributed by atoms with Crippen molar-refractivity contribution in [3.05, 3.63) is 32.6 Å². The van der Waals surface area contributed by atoms with Crippen molar-refractivity contribution in [1.82, 2.24) is 9.55 Å². The molecule has 1 aliphatic rings. The summed E-state index contributed by atoms with van der Waals surface area (Å²) in [4.78, 5) is 36.3. The van der Waals surface area contributed by atoms with Crippen LogP contribution in [0.15, 0.2) is 15.8 Å². The van der Waals surface area contributed by atoms with Gasteiger partial charge < -0.3 is 24.9 Å². The van der Waals surface area contributed by atoms with Crippen LogP contribution in [0.25, 0.3) is 0 Å². The topological polar surface area (TPSA) is 171 Å². The van der Waals surface area contributed by atoms with E-state index in [1.807, 2.05) is 0 Å². The predicted octanol–water partition coefficient (Wildman–Crippen LogP) is 0.590. The third kappa shape index (κ3) is 4.73. The molecule has 12 heteroatoms. The summed E-state index contributed by atoms with van der Waals surface area (Å²) in [7, 11) is -4.49. The number of H-pyrrole nitrogens is 1. The van der Waals surface area contributed by atoms with E-state index >= 15 is 0 Å². The summed E-state index contributed by atoms with van der Waals surface area (Å²) >= 11 is 0. The minimum absolute atomic E-state index is 0.0211. The fraction of sp³-hybridized carbons (Fsp3) is 0.789. The van der Waals surface area contributed by atoms with Crippen molar-refractivity contribution in [2.75, 3.05) is 0 Å². The molecule has 5 N–H and O–H groups in total. The Kier molecular flexibility index (Phi) is 7.44. The summed E-state index contributed by atoms with van der Waals surface area (Å²) in [6.07, 6.45) is -3.88. The summed E-state index contributed by atoms with van der Waals surface area (Å²) in [6.45, 7) is 9.12. The Labute approximate surface area is 180 Å². The highest BCUT2D eigenvalue weighted by atomic mass is 31.2. The van der Waals surface area contributed by atoms with Crippen LogP contribution in [0.5, 0.6) is 0 Å². The number of aromatic nitrogens is 2. The molecule has 31 heavy (non-hydrogen) atoms. The number of ether oxygens (including phenoxy) is 1. The zero-order valence-electron chi connectivity index (χ0n) is 18.6. The van der Waals surface area contributed by atoms with Crippen LogP contribution < -0.4 is 11.2 Å². The van der Waals surface area contributed by atoms with Gasteiger partial charge in [0.25, 0.3) is 5.56 Å². The van der Waals surface area contributed by atoms with Crippen LogP contribution in [0.2, 0.25) is 0 Å². The van der Waals surface area contributed by atoms with E-state index in [-0.39, 0.29) is 18.4 Å². The lowest BCUT2D eigenvalue weighted by Gasteiger charge is -2.41. The van der Waals surface area contributed by atoms with E-state index in [1.54, 1.807) is 27.7 Å². The number of aryl methyl sites for hydroxylation is 1. The van der Waals surface area contributed by atoms with E-state index in [1.165, 1.54) is 20.0 Å². The van der Waals surface area contributed by atoms with E-state index in [0.29, 0.717) is 0 Å². The number of aromatic amines is 1. The molecule has 178 valence electrons. The molecule has 1 aromatic heterocycles. The van der Waals surface area contributed by atoms with Gasteiger partial charge in [-0.3, -0.25) is 23.4 Å². The van der Waals surface area contributed by atoms with Gasteiger partial charge in [-0.2, -0.15) is 0 Å². The van der Waals surface area contributed by atoms with Crippen LogP contribution in [0, 0.1) is 12.8 Å².